The lowest BCUT2D eigenvalue weighted by Crippen LogP contribution is -2.47. The maximum atomic E-state index is 12.9. The van der Waals surface area contributed by atoms with Crippen molar-refractivity contribution in [3.05, 3.63) is 70.7 Å². The Hall–Kier alpha value is -1.92. The van der Waals surface area contributed by atoms with Gasteiger partial charge in [0.25, 0.3) is 0 Å². The number of amides is 1. The van der Waals surface area contributed by atoms with Gasteiger partial charge in [0.1, 0.15) is 0 Å². The van der Waals surface area contributed by atoms with Gasteiger partial charge in [-0.15, -0.1) is 0 Å². The van der Waals surface area contributed by atoms with Gasteiger partial charge in [-0.05, 0) is 36.1 Å². The molecule has 0 spiro atoms. The maximum absolute atomic E-state index is 12.9. The zero-order chi connectivity index (χ0) is 19.3. The van der Waals surface area contributed by atoms with Crippen LogP contribution in [-0.2, 0) is 11.3 Å². The summed E-state index contributed by atoms with van der Waals surface area (Å²) in [5, 5.41) is 3.99. The molecule has 2 unspecified atom stereocenters. The Morgan fingerprint density at radius 3 is 2.50 bits per heavy atom. The molecule has 4 rings (SSSR count). The number of nitrogens with one attached hydrogen (secondary N) is 3. The molecular formula is C22H27ClN4O. The summed E-state index contributed by atoms with van der Waals surface area (Å²) in [5.74, 6) is 0.00230. The molecule has 5 nitrogen and oxygen atoms in total. The average molecular weight is 399 g/mol. The third kappa shape index (κ3) is 4.73. The smallest absolute Gasteiger partial charge is 0.226 e. The highest BCUT2D eigenvalue weighted by molar-refractivity contribution is 6.30. The van der Waals surface area contributed by atoms with Gasteiger partial charge in [0, 0.05) is 37.2 Å². The van der Waals surface area contributed by atoms with Crippen molar-refractivity contribution in [3.63, 3.8) is 0 Å². The van der Waals surface area contributed by atoms with Crippen LogP contribution in [0.1, 0.15) is 30.0 Å². The molecule has 3 N–H and O–H groups in total. The van der Waals surface area contributed by atoms with Gasteiger partial charge in [0.15, 0.2) is 0 Å². The average Bonchev–Trinajstić information content (AvgIpc) is 3.21. The quantitative estimate of drug-likeness (QED) is 0.724. The molecule has 2 aliphatic rings. The van der Waals surface area contributed by atoms with Gasteiger partial charge in [-0.3, -0.25) is 15.1 Å². The molecule has 2 fully saturated rings. The number of likely N-dealkylation sites (tertiary alicyclic amines) is 1. The zero-order valence-corrected chi connectivity index (χ0v) is 16.7. The van der Waals surface area contributed by atoms with Crippen molar-refractivity contribution in [2.45, 2.75) is 31.5 Å². The number of carbonyl (C=O) groups excluding carboxylic acids is 1. The van der Waals surface area contributed by atoms with Crippen molar-refractivity contribution >= 4 is 17.5 Å². The van der Waals surface area contributed by atoms with Gasteiger partial charge < -0.3 is 5.32 Å². The summed E-state index contributed by atoms with van der Waals surface area (Å²) in [4.78, 5) is 15.4. The van der Waals surface area contributed by atoms with Crippen LogP contribution >= 0.6 is 11.6 Å². The van der Waals surface area contributed by atoms with E-state index in [0.717, 1.165) is 38.0 Å². The van der Waals surface area contributed by atoms with Crippen LogP contribution in [0.4, 0.5) is 0 Å². The Labute approximate surface area is 171 Å². The lowest BCUT2D eigenvalue weighted by Gasteiger charge is -2.33. The molecule has 2 atom stereocenters. The Morgan fingerprint density at radius 1 is 1.07 bits per heavy atom. The van der Waals surface area contributed by atoms with Crippen LogP contribution in [0.2, 0.25) is 5.02 Å². The largest absolute Gasteiger partial charge is 0.353 e. The molecular weight excluding hydrogens is 372 g/mol. The second-order valence-corrected chi connectivity index (χ2v) is 8.14. The lowest BCUT2D eigenvalue weighted by atomic mass is 9.93. The first-order valence-corrected chi connectivity index (χ1v) is 10.4. The van der Waals surface area contributed by atoms with Crippen LogP contribution in [0.15, 0.2) is 54.6 Å². The Balaban J connectivity index is 1.28. The molecule has 28 heavy (non-hydrogen) atoms. The summed E-state index contributed by atoms with van der Waals surface area (Å²) in [7, 11) is 0. The van der Waals surface area contributed by atoms with Crippen molar-refractivity contribution in [1.82, 2.24) is 21.1 Å². The van der Waals surface area contributed by atoms with E-state index in [9.17, 15) is 4.79 Å². The van der Waals surface area contributed by atoms with Crippen LogP contribution in [-0.4, -0.2) is 36.5 Å². The number of nitrogens with zero attached hydrogens (tertiary/aromatic N) is 1. The Morgan fingerprint density at radius 2 is 1.79 bits per heavy atom. The first-order chi connectivity index (χ1) is 13.7. The molecule has 1 amide bonds. The van der Waals surface area contributed by atoms with Crippen molar-refractivity contribution < 1.29 is 4.79 Å². The first kappa shape index (κ1) is 19.4. The summed E-state index contributed by atoms with van der Waals surface area (Å²) in [6.45, 7) is 3.64. The number of carbonyl (C=O) groups is 1. The van der Waals surface area contributed by atoms with E-state index < -0.39 is 0 Å². The second kappa shape index (κ2) is 9.05. The SMILES string of the molecule is O=C(NC1CCN(Cc2ccccc2)CC1)C1CNNC1c1ccc(Cl)cc1. The normalized spacial score (nSPS) is 23.6. The summed E-state index contributed by atoms with van der Waals surface area (Å²) >= 11 is 5.99. The predicted molar refractivity (Wildman–Crippen MR) is 112 cm³/mol. The first-order valence-electron chi connectivity index (χ1n) is 9.99. The molecule has 0 radical (unpaired) electrons. The molecule has 0 bridgehead atoms. The third-order valence-corrected chi connectivity index (χ3v) is 5.98. The van der Waals surface area contributed by atoms with E-state index in [1.54, 1.807) is 0 Å². The number of benzene rings is 2. The Bertz CT molecular complexity index is 775. The lowest BCUT2D eigenvalue weighted by molar-refractivity contribution is -0.126. The molecule has 6 heteroatoms. The highest BCUT2D eigenvalue weighted by atomic mass is 35.5. The summed E-state index contributed by atoms with van der Waals surface area (Å²) in [6.07, 6.45) is 2.00. The van der Waals surface area contributed by atoms with Crippen LogP contribution in [0.5, 0.6) is 0 Å². The summed E-state index contributed by atoms with van der Waals surface area (Å²) in [6, 6.07) is 18.5. The van der Waals surface area contributed by atoms with E-state index in [0.29, 0.717) is 11.6 Å². The van der Waals surface area contributed by atoms with Crippen molar-refractivity contribution in [1.29, 1.82) is 0 Å². The number of halogens is 1. The number of rotatable bonds is 5. The van der Waals surface area contributed by atoms with E-state index in [1.807, 2.05) is 24.3 Å². The second-order valence-electron chi connectivity index (χ2n) is 7.71. The van der Waals surface area contributed by atoms with E-state index in [2.05, 4.69) is 51.4 Å². The van der Waals surface area contributed by atoms with Gasteiger partial charge in [0.2, 0.25) is 5.91 Å². The van der Waals surface area contributed by atoms with Gasteiger partial charge in [-0.2, -0.15) is 0 Å². The molecule has 0 saturated carbocycles. The number of hydrazine groups is 1. The molecule has 148 valence electrons. The summed E-state index contributed by atoms with van der Waals surface area (Å²) in [5.41, 5.74) is 8.79. The zero-order valence-electron chi connectivity index (χ0n) is 15.9. The summed E-state index contributed by atoms with van der Waals surface area (Å²) < 4.78 is 0. The molecule has 2 saturated heterocycles. The Kier molecular flexibility index (Phi) is 6.27. The minimum absolute atomic E-state index is 0.0320. The van der Waals surface area contributed by atoms with E-state index >= 15 is 0 Å². The molecule has 2 aromatic carbocycles. The van der Waals surface area contributed by atoms with E-state index in [1.165, 1.54) is 5.56 Å². The fourth-order valence-electron chi connectivity index (χ4n) is 4.11. The monoisotopic (exact) mass is 398 g/mol. The van der Waals surface area contributed by atoms with Crippen molar-refractivity contribution in [3.8, 4) is 0 Å². The van der Waals surface area contributed by atoms with Gasteiger partial charge in [-0.1, -0.05) is 54.1 Å². The predicted octanol–water partition coefficient (Wildman–Crippen LogP) is 2.89. The van der Waals surface area contributed by atoms with Crippen molar-refractivity contribution in [2.75, 3.05) is 19.6 Å². The molecule has 2 heterocycles. The minimum atomic E-state index is -0.122. The van der Waals surface area contributed by atoms with Crippen LogP contribution in [0, 0.1) is 5.92 Å². The number of piperidine rings is 1. The fourth-order valence-corrected chi connectivity index (χ4v) is 4.24. The highest BCUT2D eigenvalue weighted by Crippen LogP contribution is 2.26. The van der Waals surface area contributed by atoms with E-state index in [-0.39, 0.29) is 23.9 Å². The van der Waals surface area contributed by atoms with Crippen LogP contribution in [0.3, 0.4) is 0 Å². The molecule has 0 aromatic heterocycles. The van der Waals surface area contributed by atoms with Crippen LogP contribution in [0.25, 0.3) is 0 Å². The maximum Gasteiger partial charge on any atom is 0.226 e. The minimum Gasteiger partial charge on any atom is -0.353 e. The molecule has 2 aliphatic heterocycles. The van der Waals surface area contributed by atoms with Crippen molar-refractivity contribution in [2.24, 2.45) is 5.92 Å². The highest BCUT2D eigenvalue weighted by Gasteiger charge is 2.35. The van der Waals surface area contributed by atoms with Gasteiger partial charge in [0.05, 0.1) is 12.0 Å². The molecule has 2 aromatic rings. The molecule has 0 aliphatic carbocycles. The fraction of sp³-hybridized carbons (Fsp3) is 0.409. The number of hydrogen-bond acceptors (Lipinski definition) is 4. The van der Waals surface area contributed by atoms with Gasteiger partial charge >= 0.3 is 0 Å². The third-order valence-electron chi connectivity index (χ3n) is 5.73. The van der Waals surface area contributed by atoms with Crippen LogP contribution < -0.4 is 16.2 Å². The topological polar surface area (TPSA) is 56.4 Å². The number of hydrogen-bond donors (Lipinski definition) is 3. The van der Waals surface area contributed by atoms with E-state index in [4.69, 9.17) is 11.6 Å². The standard InChI is InChI=1S/C22H27ClN4O/c23-18-8-6-17(7-9-18)21-20(14-24-26-21)22(28)25-19-10-12-27(13-11-19)15-16-4-2-1-3-5-16/h1-9,19-21,24,26H,10-15H2,(H,25,28). The van der Waals surface area contributed by atoms with Gasteiger partial charge in [-0.25, -0.2) is 5.43 Å².